The lowest BCUT2D eigenvalue weighted by molar-refractivity contribution is 0.247. The Morgan fingerprint density at radius 1 is 1.04 bits per heavy atom. The molecule has 3 aromatic rings. The van der Waals surface area contributed by atoms with Crippen molar-refractivity contribution in [3.05, 3.63) is 64.8 Å². The molecule has 26 heavy (non-hydrogen) atoms. The van der Waals surface area contributed by atoms with E-state index in [4.69, 9.17) is 0 Å². The van der Waals surface area contributed by atoms with Crippen LogP contribution in [0.4, 0.5) is 5.69 Å². The molecule has 0 radical (unpaired) electrons. The van der Waals surface area contributed by atoms with Crippen LogP contribution in [-0.4, -0.2) is 36.1 Å². The number of aryl methyl sites for hydroxylation is 2. The van der Waals surface area contributed by atoms with Gasteiger partial charge in [0.05, 0.1) is 11.3 Å². The SMILES string of the molecule is Cc1cc(C)c2[nH]c(CN3CCN(c4ccccc4C#N)CC3)cc2c1. The average molecular weight is 344 g/mol. The van der Waals surface area contributed by atoms with Crippen LogP contribution < -0.4 is 4.90 Å². The smallest absolute Gasteiger partial charge is 0.101 e. The number of hydrogen-bond donors (Lipinski definition) is 1. The van der Waals surface area contributed by atoms with Crippen molar-refractivity contribution in [2.24, 2.45) is 0 Å². The number of piperazine rings is 1. The molecule has 1 aliphatic rings. The molecule has 0 atom stereocenters. The predicted molar refractivity (Wildman–Crippen MR) is 106 cm³/mol. The van der Waals surface area contributed by atoms with Gasteiger partial charge in [0.2, 0.25) is 0 Å². The number of H-pyrrole nitrogens is 1. The third-order valence-electron chi connectivity index (χ3n) is 5.26. The third kappa shape index (κ3) is 3.18. The molecule has 0 aliphatic carbocycles. The number of hydrogen-bond acceptors (Lipinski definition) is 3. The molecule has 132 valence electrons. The number of nitrogens with zero attached hydrogens (tertiary/aromatic N) is 3. The van der Waals surface area contributed by atoms with Crippen molar-refractivity contribution in [2.45, 2.75) is 20.4 Å². The van der Waals surface area contributed by atoms with E-state index < -0.39 is 0 Å². The van der Waals surface area contributed by atoms with Crippen LogP contribution in [0.25, 0.3) is 10.9 Å². The minimum Gasteiger partial charge on any atom is -0.368 e. The van der Waals surface area contributed by atoms with Crippen LogP contribution in [0.15, 0.2) is 42.5 Å². The van der Waals surface area contributed by atoms with E-state index in [1.165, 1.54) is 27.7 Å². The van der Waals surface area contributed by atoms with Crippen molar-refractivity contribution < 1.29 is 0 Å². The number of nitriles is 1. The van der Waals surface area contributed by atoms with Gasteiger partial charge < -0.3 is 9.88 Å². The first-order chi connectivity index (χ1) is 12.6. The Kier molecular flexibility index (Phi) is 4.40. The lowest BCUT2D eigenvalue weighted by Gasteiger charge is -2.36. The van der Waals surface area contributed by atoms with Crippen molar-refractivity contribution >= 4 is 16.6 Å². The van der Waals surface area contributed by atoms with E-state index in [1.54, 1.807) is 0 Å². The van der Waals surface area contributed by atoms with E-state index in [0.29, 0.717) is 0 Å². The fraction of sp³-hybridized carbons (Fsp3) is 0.318. The highest BCUT2D eigenvalue weighted by Gasteiger charge is 2.19. The number of fused-ring (bicyclic) bond motifs is 1. The van der Waals surface area contributed by atoms with Crippen molar-refractivity contribution in [3.63, 3.8) is 0 Å². The molecule has 0 amide bonds. The van der Waals surface area contributed by atoms with E-state index >= 15 is 0 Å². The van der Waals surface area contributed by atoms with Gasteiger partial charge in [-0.15, -0.1) is 0 Å². The largest absolute Gasteiger partial charge is 0.368 e. The zero-order chi connectivity index (χ0) is 18.1. The number of para-hydroxylation sites is 1. The second-order valence-electron chi connectivity index (χ2n) is 7.23. The summed E-state index contributed by atoms with van der Waals surface area (Å²) in [6.45, 7) is 9.19. The van der Waals surface area contributed by atoms with Crippen molar-refractivity contribution in [1.29, 1.82) is 5.26 Å². The molecule has 1 aromatic heterocycles. The van der Waals surface area contributed by atoms with E-state index in [9.17, 15) is 5.26 Å². The van der Waals surface area contributed by atoms with E-state index in [2.05, 4.69) is 59.0 Å². The summed E-state index contributed by atoms with van der Waals surface area (Å²) in [5.41, 5.74) is 6.98. The zero-order valence-electron chi connectivity index (χ0n) is 15.4. The normalized spacial score (nSPS) is 15.3. The second-order valence-corrected chi connectivity index (χ2v) is 7.23. The number of aromatic amines is 1. The molecular formula is C22H24N4. The molecule has 1 saturated heterocycles. The first kappa shape index (κ1) is 16.7. The molecule has 4 heteroatoms. The monoisotopic (exact) mass is 344 g/mol. The highest BCUT2D eigenvalue weighted by Crippen LogP contribution is 2.24. The molecule has 1 N–H and O–H groups in total. The van der Waals surface area contributed by atoms with Crippen LogP contribution in [-0.2, 0) is 6.54 Å². The number of nitrogens with one attached hydrogen (secondary N) is 1. The Morgan fingerprint density at radius 3 is 2.58 bits per heavy atom. The maximum atomic E-state index is 9.32. The highest BCUT2D eigenvalue weighted by atomic mass is 15.3. The summed E-state index contributed by atoms with van der Waals surface area (Å²) in [6, 6.07) is 17.0. The van der Waals surface area contributed by atoms with Gasteiger partial charge in [0.1, 0.15) is 6.07 Å². The van der Waals surface area contributed by atoms with Gasteiger partial charge in [-0.3, -0.25) is 4.90 Å². The zero-order valence-corrected chi connectivity index (χ0v) is 15.4. The van der Waals surface area contributed by atoms with Gasteiger partial charge in [-0.05, 0) is 43.7 Å². The molecule has 0 saturated carbocycles. The first-order valence-corrected chi connectivity index (χ1v) is 9.19. The average Bonchev–Trinajstić information content (AvgIpc) is 3.05. The first-order valence-electron chi connectivity index (χ1n) is 9.19. The Bertz CT molecular complexity index is 971. The van der Waals surface area contributed by atoms with Crippen molar-refractivity contribution in [1.82, 2.24) is 9.88 Å². The van der Waals surface area contributed by atoms with Crippen LogP contribution in [0.1, 0.15) is 22.4 Å². The molecule has 1 aliphatic heterocycles. The highest BCUT2D eigenvalue weighted by molar-refractivity contribution is 5.84. The molecule has 0 spiro atoms. The number of benzene rings is 2. The Morgan fingerprint density at radius 2 is 1.81 bits per heavy atom. The third-order valence-corrected chi connectivity index (χ3v) is 5.26. The molecule has 2 aromatic carbocycles. The van der Waals surface area contributed by atoms with Crippen LogP contribution in [0.3, 0.4) is 0 Å². The maximum Gasteiger partial charge on any atom is 0.101 e. The van der Waals surface area contributed by atoms with Gasteiger partial charge in [0, 0.05) is 49.3 Å². The van der Waals surface area contributed by atoms with E-state index in [0.717, 1.165) is 44.0 Å². The minimum atomic E-state index is 0.766. The predicted octanol–water partition coefficient (Wildman–Crippen LogP) is 3.98. The standard InChI is InChI=1S/C22H24N4/c1-16-11-17(2)22-19(12-16)13-20(24-22)15-25-7-9-26(10-8-25)21-6-4-3-5-18(21)14-23/h3-6,11-13,24H,7-10,15H2,1-2H3. The maximum absolute atomic E-state index is 9.32. The topological polar surface area (TPSA) is 46.1 Å². The van der Waals surface area contributed by atoms with E-state index in [-0.39, 0.29) is 0 Å². The Hall–Kier alpha value is -2.77. The summed E-state index contributed by atoms with van der Waals surface area (Å²) < 4.78 is 0. The minimum absolute atomic E-state index is 0.766. The lowest BCUT2D eigenvalue weighted by Crippen LogP contribution is -2.46. The molecule has 4 nitrogen and oxygen atoms in total. The van der Waals surface area contributed by atoms with Crippen LogP contribution in [0.2, 0.25) is 0 Å². The lowest BCUT2D eigenvalue weighted by atomic mass is 10.1. The van der Waals surface area contributed by atoms with E-state index in [1.807, 2.05) is 18.2 Å². The molecule has 4 rings (SSSR count). The Balaban J connectivity index is 1.44. The fourth-order valence-corrected chi connectivity index (χ4v) is 3.99. The van der Waals surface area contributed by atoms with Crippen LogP contribution in [0.5, 0.6) is 0 Å². The van der Waals surface area contributed by atoms with Gasteiger partial charge in [-0.2, -0.15) is 5.26 Å². The summed E-state index contributed by atoms with van der Waals surface area (Å²) in [5.74, 6) is 0. The quantitative estimate of drug-likeness (QED) is 0.782. The fourth-order valence-electron chi connectivity index (χ4n) is 3.99. The van der Waals surface area contributed by atoms with Crippen molar-refractivity contribution in [3.8, 4) is 6.07 Å². The Labute approximate surface area is 154 Å². The number of aromatic nitrogens is 1. The molecule has 0 unspecified atom stereocenters. The van der Waals surface area contributed by atoms with Crippen molar-refractivity contribution in [2.75, 3.05) is 31.1 Å². The van der Waals surface area contributed by atoms with Crippen LogP contribution in [0, 0.1) is 25.2 Å². The van der Waals surface area contributed by atoms with Gasteiger partial charge >= 0.3 is 0 Å². The second kappa shape index (κ2) is 6.86. The molecule has 1 fully saturated rings. The van der Waals surface area contributed by atoms with Crippen LogP contribution >= 0.6 is 0 Å². The number of rotatable bonds is 3. The molecule has 2 heterocycles. The summed E-state index contributed by atoms with van der Waals surface area (Å²) in [7, 11) is 0. The summed E-state index contributed by atoms with van der Waals surface area (Å²) in [5, 5.41) is 10.6. The summed E-state index contributed by atoms with van der Waals surface area (Å²) in [4.78, 5) is 8.41. The summed E-state index contributed by atoms with van der Waals surface area (Å²) >= 11 is 0. The van der Waals surface area contributed by atoms with Gasteiger partial charge in [-0.25, -0.2) is 0 Å². The molecule has 0 bridgehead atoms. The summed E-state index contributed by atoms with van der Waals surface area (Å²) in [6.07, 6.45) is 0. The number of anilines is 1. The van der Waals surface area contributed by atoms with Gasteiger partial charge in [-0.1, -0.05) is 23.8 Å². The molecular weight excluding hydrogens is 320 g/mol. The van der Waals surface area contributed by atoms with Gasteiger partial charge in [0.25, 0.3) is 0 Å². The van der Waals surface area contributed by atoms with Gasteiger partial charge in [0.15, 0.2) is 0 Å².